The van der Waals surface area contributed by atoms with Crippen molar-refractivity contribution in [2.75, 3.05) is 13.6 Å². The predicted molar refractivity (Wildman–Crippen MR) is 65.0 cm³/mol. The molecule has 1 nitrogen and oxygen atoms in total. The predicted octanol–water partition coefficient (Wildman–Crippen LogP) is 3.21. The third-order valence-corrected chi connectivity index (χ3v) is 4.78. The summed E-state index contributed by atoms with van der Waals surface area (Å²) in [4.78, 5) is 0. The largest absolute Gasteiger partial charge is 0.319 e. The molecular weight excluding hydrogens is 174 g/mol. The Morgan fingerprint density at radius 2 is 1.69 bits per heavy atom. The van der Waals surface area contributed by atoms with Gasteiger partial charge in [0.1, 0.15) is 0 Å². The second-order valence-electron chi connectivity index (χ2n) is 6.08. The molecule has 0 saturated carbocycles. The van der Waals surface area contributed by atoms with E-state index >= 15 is 0 Å². The van der Waals surface area contributed by atoms with Crippen LogP contribution in [0.1, 0.15) is 20.8 Å². The SMILES string of the molecule is CNCC(C)(C[Si](C)(C)C)C(C)C. The van der Waals surface area contributed by atoms with Crippen LogP contribution in [-0.4, -0.2) is 21.7 Å². The Balaban J connectivity index is 4.42. The average molecular weight is 201 g/mol. The minimum absolute atomic E-state index is 0.485. The first-order valence-electron chi connectivity index (χ1n) is 5.36. The molecule has 0 aromatic heterocycles. The Bertz CT molecular complexity index is 149. The smallest absolute Gasteiger partial charge is 0.0448 e. The van der Waals surface area contributed by atoms with Gasteiger partial charge in [-0.2, -0.15) is 0 Å². The molecule has 0 radical (unpaired) electrons. The molecule has 0 bridgehead atoms. The fourth-order valence-electron chi connectivity index (χ4n) is 2.09. The third-order valence-electron chi connectivity index (χ3n) is 2.91. The van der Waals surface area contributed by atoms with Crippen molar-refractivity contribution in [3.63, 3.8) is 0 Å². The van der Waals surface area contributed by atoms with Gasteiger partial charge in [0, 0.05) is 14.6 Å². The van der Waals surface area contributed by atoms with Gasteiger partial charge in [0.25, 0.3) is 0 Å². The summed E-state index contributed by atoms with van der Waals surface area (Å²) in [6.07, 6.45) is 0. The van der Waals surface area contributed by atoms with Crippen LogP contribution < -0.4 is 5.32 Å². The van der Waals surface area contributed by atoms with Crippen molar-refractivity contribution in [1.29, 1.82) is 0 Å². The molecule has 0 aliphatic carbocycles. The van der Waals surface area contributed by atoms with E-state index in [0.717, 1.165) is 12.5 Å². The van der Waals surface area contributed by atoms with E-state index in [1.165, 1.54) is 6.04 Å². The zero-order valence-electron chi connectivity index (χ0n) is 10.5. The Morgan fingerprint density at radius 3 is 1.92 bits per heavy atom. The molecule has 1 unspecified atom stereocenters. The van der Waals surface area contributed by atoms with Gasteiger partial charge in [-0.1, -0.05) is 46.5 Å². The summed E-state index contributed by atoms with van der Waals surface area (Å²) in [6, 6.07) is 1.42. The molecule has 0 heterocycles. The highest BCUT2D eigenvalue weighted by atomic mass is 28.3. The Morgan fingerprint density at radius 1 is 1.23 bits per heavy atom. The highest BCUT2D eigenvalue weighted by Crippen LogP contribution is 2.35. The lowest BCUT2D eigenvalue weighted by molar-refractivity contribution is 0.241. The van der Waals surface area contributed by atoms with E-state index in [2.05, 4.69) is 52.8 Å². The van der Waals surface area contributed by atoms with Crippen LogP contribution >= 0.6 is 0 Å². The van der Waals surface area contributed by atoms with Crippen molar-refractivity contribution in [3.8, 4) is 0 Å². The minimum atomic E-state index is -0.933. The molecule has 0 spiro atoms. The average Bonchev–Trinajstić information content (AvgIpc) is 1.82. The van der Waals surface area contributed by atoms with Crippen molar-refractivity contribution in [2.24, 2.45) is 11.3 Å². The number of nitrogens with one attached hydrogen (secondary N) is 1. The Labute approximate surface area is 85.3 Å². The van der Waals surface area contributed by atoms with Gasteiger partial charge in [0.2, 0.25) is 0 Å². The Hall–Kier alpha value is 0.177. The molecule has 0 aromatic rings. The maximum atomic E-state index is 3.33. The lowest BCUT2D eigenvalue weighted by Gasteiger charge is -2.38. The zero-order valence-corrected chi connectivity index (χ0v) is 11.5. The maximum absolute atomic E-state index is 3.33. The molecule has 0 aliphatic heterocycles. The van der Waals surface area contributed by atoms with Crippen molar-refractivity contribution in [2.45, 2.75) is 46.5 Å². The van der Waals surface area contributed by atoms with Crippen molar-refractivity contribution in [1.82, 2.24) is 5.32 Å². The molecule has 1 atom stereocenters. The number of rotatable bonds is 5. The second-order valence-corrected chi connectivity index (χ2v) is 11.6. The van der Waals surface area contributed by atoms with E-state index in [1.807, 2.05) is 0 Å². The van der Waals surface area contributed by atoms with Crippen LogP contribution in [0.25, 0.3) is 0 Å². The Kier molecular flexibility index (Phi) is 4.67. The summed E-state index contributed by atoms with van der Waals surface area (Å²) < 4.78 is 0. The standard InChI is InChI=1S/C11H27NSi/c1-10(2)11(3,8-12-4)9-13(5,6)7/h10,12H,8-9H2,1-7H3. The number of hydrogen-bond acceptors (Lipinski definition) is 1. The zero-order chi connectivity index (χ0) is 10.7. The quantitative estimate of drug-likeness (QED) is 0.674. The fourth-order valence-corrected chi connectivity index (χ4v) is 5.04. The molecule has 13 heavy (non-hydrogen) atoms. The first-order chi connectivity index (χ1) is 5.71. The van der Waals surface area contributed by atoms with Gasteiger partial charge in [0.05, 0.1) is 0 Å². The molecule has 1 N–H and O–H groups in total. The van der Waals surface area contributed by atoms with Gasteiger partial charge >= 0.3 is 0 Å². The van der Waals surface area contributed by atoms with Crippen molar-refractivity contribution < 1.29 is 0 Å². The van der Waals surface area contributed by atoms with Gasteiger partial charge < -0.3 is 5.32 Å². The molecule has 80 valence electrons. The summed E-state index contributed by atoms with van der Waals surface area (Å²) in [6.45, 7) is 15.6. The fraction of sp³-hybridized carbons (Fsp3) is 1.00. The topological polar surface area (TPSA) is 12.0 Å². The van der Waals surface area contributed by atoms with Crippen LogP contribution in [-0.2, 0) is 0 Å². The lowest BCUT2D eigenvalue weighted by atomic mass is 9.81. The van der Waals surface area contributed by atoms with E-state index in [1.54, 1.807) is 0 Å². The first kappa shape index (κ1) is 13.2. The van der Waals surface area contributed by atoms with Crippen LogP contribution in [0.2, 0.25) is 25.7 Å². The van der Waals surface area contributed by atoms with Crippen molar-refractivity contribution in [3.05, 3.63) is 0 Å². The summed E-state index contributed by atoms with van der Waals surface area (Å²) >= 11 is 0. The molecule has 0 saturated heterocycles. The third kappa shape index (κ3) is 4.82. The summed E-state index contributed by atoms with van der Waals surface area (Å²) in [5, 5.41) is 3.33. The van der Waals surface area contributed by atoms with Crippen LogP contribution in [0.4, 0.5) is 0 Å². The first-order valence-corrected chi connectivity index (χ1v) is 9.06. The normalized spacial score (nSPS) is 17.5. The van der Waals surface area contributed by atoms with E-state index in [9.17, 15) is 0 Å². The van der Waals surface area contributed by atoms with Crippen molar-refractivity contribution >= 4 is 8.07 Å². The summed E-state index contributed by atoms with van der Waals surface area (Å²) in [5.41, 5.74) is 0.485. The van der Waals surface area contributed by atoms with Crippen LogP contribution in [0, 0.1) is 11.3 Å². The second kappa shape index (κ2) is 4.60. The van der Waals surface area contributed by atoms with E-state index in [0.29, 0.717) is 5.41 Å². The molecule has 2 heteroatoms. The van der Waals surface area contributed by atoms with Gasteiger partial charge in [0.15, 0.2) is 0 Å². The number of hydrogen-bond donors (Lipinski definition) is 1. The molecule has 0 amide bonds. The minimum Gasteiger partial charge on any atom is -0.319 e. The summed E-state index contributed by atoms with van der Waals surface area (Å²) in [7, 11) is 1.13. The van der Waals surface area contributed by atoms with Gasteiger partial charge in [-0.25, -0.2) is 0 Å². The highest BCUT2D eigenvalue weighted by molar-refractivity contribution is 6.76. The molecule has 0 aromatic carbocycles. The van der Waals surface area contributed by atoms with Crippen LogP contribution in [0.5, 0.6) is 0 Å². The molecule has 0 fully saturated rings. The van der Waals surface area contributed by atoms with E-state index < -0.39 is 8.07 Å². The van der Waals surface area contributed by atoms with E-state index in [-0.39, 0.29) is 0 Å². The summed E-state index contributed by atoms with van der Waals surface area (Å²) in [5.74, 6) is 0.770. The maximum Gasteiger partial charge on any atom is 0.0448 e. The molecule has 0 aliphatic rings. The monoisotopic (exact) mass is 201 g/mol. The highest BCUT2D eigenvalue weighted by Gasteiger charge is 2.32. The van der Waals surface area contributed by atoms with Crippen LogP contribution in [0.3, 0.4) is 0 Å². The van der Waals surface area contributed by atoms with Gasteiger partial charge in [-0.15, -0.1) is 0 Å². The van der Waals surface area contributed by atoms with Gasteiger partial charge in [-0.05, 0) is 18.4 Å². The molecule has 0 rings (SSSR count). The van der Waals surface area contributed by atoms with Gasteiger partial charge in [-0.3, -0.25) is 0 Å². The molecular formula is C11H27NSi. The van der Waals surface area contributed by atoms with E-state index in [4.69, 9.17) is 0 Å². The van der Waals surface area contributed by atoms with Crippen LogP contribution in [0.15, 0.2) is 0 Å². The lowest BCUT2D eigenvalue weighted by Crippen LogP contribution is -2.40.